The Kier molecular flexibility index (Phi) is 8.36. The lowest BCUT2D eigenvalue weighted by atomic mass is 9.96. The first-order valence-corrected chi connectivity index (χ1v) is 5.99. The molecule has 1 fully saturated rings. The molecule has 0 bridgehead atoms. The molecule has 0 aromatic carbocycles. The summed E-state index contributed by atoms with van der Waals surface area (Å²) in [7, 11) is 1.56. The van der Waals surface area contributed by atoms with Crippen molar-refractivity contribution in [2.24, 2.45) is 5.92 Å². The molecule has 1 aliphatic heterocycles. The SMILES string of the molecule is COCCNCC(=O)N1CCC(C(F)(F)F)CC1.Cl. The van der Waals surface area contributed by atoms with Gasteiger partial charge >= 0.3 is 6.18 Å². The zero-order valence-corrected chi connectivity index (χ0v) is 11.6. The van der Waals surface area contributed by atoms with Gasteiger partial charge in [-0.2, -0.15) is 13.2 Å². The largest absolute Gasteiger partial charge is 0.391 e. The van der Waals surface area contributed by atoms with Gasteiger partial charge in [-0.15, -0.1) is 12.4 Å². The van der Waals surface area contributed by atoms with E-state index in [1.807, 2.05) is 0 Å². The number of ether oxygens (including phenoxy) is 1. The van der Waals surface area contributed by atoms with Gasteiger partial charge in [0.1, 0.15) is 0 Å². The Morgan fingerprint density at radius 1 is 1.37 bits per heavy atom. The number of hydrogen-bond acceptors (Lipinski definition) is 3. The zero-order chi connectivity index (χ0) is 13.6. The molecular formula is C11H20ClF3N2O2. The predicted molar refractivity (Wildman–Crippen MR) is 67.4 cm³/mol. The van der Waals surface area contributed by atoms with Crippen LogP contribution >= 0.6 is 12.4 Å². The maximum atomic E-state index is 12.4. The Balaban J connectivity index is 0.00000324. The van der Waals surface area contributed by atoms with Gasteiger partial charge in [-0.3, -0.25) is 4.79 Å². The summed E-state index contributed by atoms with van der Waals surface area (Å²) >= 11 is 0. The number of nitrogens with one attached hydrogen (secondary N) is 1. The highest BCUT2D eigenvalue weighted by atomic mass is 35.5. The van der Waals surface area contributed by atoms with Gasteiger partial charge in [0.2, 0.25) is 5.91 Å². The topological polar surface area (TPSA) is 41.6 Å². The summed E-state index contributed by atoms with van der Waals surface area (Å²) < 4.78 is 42.1. The molecule has 8 heteroatoms. The molecule has 19 heavy (non-hydrogen) atoms. The van der Waals surface area contributed by atoms with Crippen LogP contribution in [0.15, 0.2) is 0 Å². The lowest BCUT2D eigenvalue weighted by Gasteiger charge is -2.33. The van der Waals surface area contributed by atoms with Gasteiger partial charge in [0.25, 0.3) is 0 Å². The maximum absolute atomic E-state index is 12.4. The second kappa shape index (κ2) is 8.60. The van der Waals surface area contributed by atoms with E-state index >= 15 is 0 Å². The van der Waals surface area contributed by atoms with E-state index < -0.39 is 12.1 Å². The number of nitrogens with zero attached hydrogens (tertiary/aromatic N) is 1. The van der Waals surface area contributed by atoms with Crippen LogP contribution in [0.1, 0.15) is 12.8 Å². The van der Waals surface area contributed by atoms with Crippen molar-refractivity contribution in [2.45, 2.75) is 19.0 Å². The first kappa shape index (κ1) is 18.5. The van der Waals surface area contributed by atoms with Crippen LogP contribution in [0.3, 0.4) is 0 Å². The van der Waals surface area contributed by atoms with E-state index in [9.17, 15) is 18.0 Å². The van der Waals surface area contributed by atoms with E-state index in [4.69, 9.17) is 4.74 Å². The molecule has 0 aromatic rings. The van der Waals surface area contributed by atoms with Crippen LogP contribution in [-0.2, 0) is 9.53 Å². The molecule has 0 atom stereocenters. The fourth-order valence-electron chi connectivity index (χ4n) is 1.94. The van der Waals surface area contributed by atoms with E-state index in [0.29, 0.717) is 13.2 Å². The smallest absolute Gasteiger partial charge is 0.383 e. The van der Waals surface area contributed by atoms with E-state index in [1.54, 1.807) is 7.11 Å². The summed E-state index contributed by atoms with van der Waals surface area (Å²) in [6.07, 6.45) is -4.12. The third-order valence-corrected chi connectivity index (χ3v) is 3.07. The van der Waals surface area contributed by atoms with Crippen molar-refractivity contribution in [2.75, 3.05) is 39.9 Å². The van der Waals surface area contributed by atoms with Crippen molar-refractivity contribution in [1.29, 1.82) is 0 Å². The number of methoxy groups -OCH3 is 1. The minimum atomic E-state index is -4.13. The monoisotopic (exact) mass is 304 g/mol. The fraction of sp³-hybridized carbons (Fsp3) is 0.909. The quantitative estimate of drug-likeness (QED) is 0.782. The maximum Gasteiger partial charge on any atom is 0.391 e. The van der Waals surface area contributed by atoms with Gasteiger partial charge in [-0.25, -0.2) is 0 Å². The minimum absolute atomic E-state index is 0. The van der Waals surface area contributed by atoms with Crippen LogP contribution < -0.4 is 5.32 Å². The number of carbonyl (C=O) groups is 1. The molecule has 4 nitrogen and oxygen atoms in total. The highest BCUT2D eigenvalue weighted by Crippen LogP contribution is 2.33. The number of halogens is 4. The van der Waals surface area contributed by atoms with Crippen molar-refractivity contribution in [3.05, 3.63) is 0 Å². The molecule has 0 radical (unpaired) electrons. The molecule has 0 aliphatic carbocycles. The zero-order valence-electron chi connectivity index (χ0n) is 10.8. The second-order valence-electron chi connectivity index (χ2n) is 4.37. The minimum Gasteiger partial charge on any atom is -0.383 e. The molecule has 1 amide bonds. The Labute approximate surface area is 117 Å². The van der Waals surface area contributed by atoms with Crippen LogP contribution in [-0.4, -0.2) is 56.9 Å². The van der Waals surface area contributed by atoms with E-state index in [1.165, 1.54) is 4.90 Å². The lowest BCUT2D eigenvalue weighted by molar-refractivity contribution is -0.186. The van der Waals surface area contributed by atoms with Crippen molar-refractivity contribution < 1.29 is 22.7 Å². The van der Waals surface area contributed by atoms with Gasteiger partial charge in [-0.1, -0.05) is 0 Å². The second-order valence-corrected chi connectivity index (χ2v) is 4.37. The number of piperidine rings is 1. The summed E-state index contributed by atoms with van der Waals surface area (Å²) in [6, 6.07) is 0. The van der Waals surface area contributed by atoms with Crippen LogP contribution in [0.4, 0.5) is 13.2 Å². The fourth-order valence-corrected chi connectivity index (χ4v) is 1.94. The highest BCUT2D eigenvalue weighted by Gasteiger charge is 2.41. The van der Waals surface area contributed by atoms with Gasteiger partial charge in [0, 0.05) is 26.7 Å². The Morgan fingerprint density at radius 2 is 1.95 bits per heavy atom. The number of hydrogen-bond donors (Lipinski definition) is 1. The van der Waals surface area contributed by atoms with Gasteiger partial charge < -0.3 is 15.0 Å². The normalized spacial score (nSPS) is 17.2. The number of rotatable bonds is 5. The molecule has 1 heterocycles. The number of amides is 1. The number of likely N-dealkylation sites (tertiary alicyclic amines) is 1. The predicted octanol–water partition coefficient (Wildman–Crippen LogP) is 1.45. The van der Waals surface area contributed by atoms with Crippen LogP contribution in [0.5, 0.6) is 0 Å². The lowest BCUT2D eigenvalue weighted by Crippen LogP contribution is -2.45. The molecule has 0 unspecified atom stereocenters. The van der Waals surface area contributed by atoms with Crippen LogP contribution in [0.2, 0.25) is 0 Å². The van der Waals surface area contributed by atoms with Crippen molar-refractivity contribution in [1.82, 2.24) is 10.2 Å². The van der Waals surface area contributed by atoms with Gasteiger partial charge in [-0.05, 0) is 12.8 Å². The third kappa shape index (κ3) is 6.44. The van der Waals surface area contributed by atoms with Crippen molar-refractivity contribution in [3.8, 4) is 0 Å². The standard InChI is InChI=1S/C11H19F3N2O2.ClH/c1-18-7-4-15-8-10(17)16-5-2-9(3-6-16)11(12,13)14;/h9,15H,2-8H2,1H3;1H. The Bertz CT molecular complexity index is 269. The molecular weight excluding hydrogens is 285 g/mol. The van der Waals surface area contributed by atoms with Crippen molar-refractivity contribution >= 4 is 18.3 Å². The first-order chi connectivity index (χ1) is 8.45. The van der Waals surface area contributed by atoms with Gasteiger partial charge in [0.05, 0.1) is 19.1 Å². The van der Waals surface area contributed by atoms with E-state index in [2.05, 4.69) is 5.32 Å². The van der Waals surface area contributed by atoms with Crippen molar-refractivity contribution in [3.63, 3.8) is 0 Å². The van der Waals surface area contributed by atoms with Gasteiger partial charge in [0.15, 0.2) is 0 Å². The molecule has 114 valence electrons. The van der Waals surface area contributed by atoms with E-state index in [-0.39, 0.29) is 50.8 Å². The summed E-state index contributed by atoms with van der Waals surface area (Å²) in [5, 5.41) is 2.89. The average Bonchev–Trinajstić information content (AvgIpc) is 2.33. The molecule has 1 rings (SSSR count). The summed E-state index contributed by atoms with van der Waals surface area (Å²) in [6.45, 7) is 1.59. The molecule has 1 N–H and O–H groups in total. The molecule has 0 aromatic heterocycles. The third-order valence-electron chi connectivity index (χ3n) is 3.07. The molecule has 0 saturated carbocycles. The number of alkyl halides is 3. The number of carbonyl (C=O) groups excluding carboxylic acids is 1. The summed E-state index contributed by atoms with van der Waals surface area (Å²) in [4.78, 5) is 13.1. The Morgan fingerprint density at radius 3 is 2.42 bits per heavy atom. The first-order valence-electron chi connectivity index (χ1n) is 5.99. The Hall–Kier alpha value is -0.530. The van der Waals surface area contributed by atoms with Crippen LogP contribution in [0, 0.1) is 5.92 Å². The average molecular weight is 305 g/mol. The van der Waals surface area contributed by atoms with E-state index in [0.717, 1.165) is 0 Å². The highest BCUT2D eigenvalue weighted by molar-refractivity contribution is 5.85. The molecule has 1 aliphatic rings. The molecule has 0 spiro atoms. The molecule has 1 saturated heterocycles. The summed E-state index contributed by atoms with van der Waals surface area (Å²) in [5.74, 6) is -1.41. The summed E-state index contributed by atoms with van der Waals surface area (Å²) in [5.41, 5.74) is 0. The van der Waals surface area contributed by atoms with Crippen LogP contribution in [0.25, 0.3) is 0 Å².